The molecule has 17 heavy (non-hydrogen) atoms. The number of amides is 1. The summed E-state index contributed by atoms with van der Waals surface area (Å²) in [4.78, 5) is 11.9. The van der Waals surface area contributed by atoms with Gasteiger partial charge >= 0.3 is 0 Å². The van der Waals surface area contributed by atoms with E-state index in [0.717, 1.165) is 12.5 Å². The number of benzene rings is 1. The fourth-order valence-electron chi connectivity index (χ4n) is 2.53. The van der Waals surface area contributed by atoms with Gasteiger partial charge in [-0.3, -0.25) is 4.79 Å². The molecule has 1 aromatic carbocycles. The number of nitrogen functional groups attached to an aromatic ring is 1. The minimum atomic E-state index is -0.0172. The molecule has 2 rings (SSSR count). The Morgan fingerprint density at radius 1 is 1.47 bits per heavy atom. The van der Waals surface area contributed by atoms with Gasteiger partial charge in [0, 0.05) is 17.8 Å². The van der Waals surface area contributed by atoms with Crippen LogP contribution in [0.4, 0.5) is 5.69 Å². The van der Waals surface area contributed by atoms with Crippen molar-refractivity contribution in [3.8, 4) is 0 Å². The Kier molecular flexibility index (Phi) is 3.67. The van der Waals surface area contributed by atoms with Gasteiger partial charge in [-0.25, -0.2) is 0 Å². The summed E-state index contributed by atoms with van der Waals surface area (Å²) in [5.74, 6) is 1.35. The van der Waals surface area contributed by atoms with Crippen molar-refractivity contribution in [2.24, 2.45) is 11.8 Å². The summed E-state index contributed by atoms with van der Waals surface area (Å²) in [5, 5.41) is 3.00. The molecule has 0 aromatic heterocycles. The van der Waals surface area contributed by atoms with Gasteiger partial charge < -0.3 is 11.1 Å². The van der Waals surface area contributed by atoms with Crippen LogP contribution in [0.3, 0.4) is 0 Å². The Bertz CT molecular complexity index is 403. The topological polar surface area (TPSA) is 55.1 Å². The Balaban J connectivity index is 1.89. The first-order chi connectivity index (χ1) is 8.16. The van der Waals surface area contributed by atoms with Crippen LogP contribution in [-0.4, -0.2) is 12.5 Å². The van der Waals surface area contributed by atoms with E-state index in [1.807, 2.05) is 6.07 Å². The molecular formula is C14H20N2O. The van der Waals surface area contributed by atoms with Gasteiger partial charge in [0.15, 0.2) is 0 Å². The van der Waals surface area contributed by atoms with Crippen LogP contribution >= 0.6 is 0 Å². The number of carbonyl (C=O) groups is 1. The maximum Gasteiger partial charge on any atom is 0.251 e. The normalized spacial score (nSPS) is 23.6. The van der Waals surface area contributed by atoms with Gasteiger partial charge in [0.25, 0.3) is 5.91 Å². The number of anilines is 1. The van der Waals surface area contributed by atoms with Crippen LogP contribution in [0.25, 0.3) is 0 Å². The van der Waals surface area contributed by atoms with Crippen molar-refractivity contribution in [1.82, 2.24) is 5.32 Å². The molecule has 0 radical (unpaired) electrons. The zero-order chi connectivity index (χ0) is 12.3. The van der Waals surface area contributed by atoms with E-state index in [0.29, 0.717) is 17.2 Å². The Morgan fingerprint density at radius 3 is 2.94 bits per heavy atom. The van der Waals surface area contributed by atoms with Crippen LogP contribution in [-0.2, 0) is 0 Å². The standard InChI is InChI=1S/C14H20N2O/c1-10-4-2-6-12(10)9-16-14(17)11-5-3-7-13(15)8-11/h3,5,7-8,10,12H,2,4,6,9,15H2,1H3,(H,16,17). The fraction of sp³-hybridized carbons (Fsp3) is 0.500. The number of rotatable bonds is 3. The second kappa shape index (κ2) is 5.21. The first-order valence-electron chi connectivity index (χ1n) is 6.30. The lowest BCUT2D eigenvalue weighted by Gasteiger charge is -2.15. The van der Waals surface area contributed by atoms with Crippen molar-refractivity contribution >= 4 is 11.6 Å². The van der Waals surface area contributed by atoms with Gasteiger partial charge in [-0.15, -0.1) is 0 Å². The molecule has 0 heterocycles. The molecule has 2 unspecified atom stereocenters. The molecule has 92 valence electrons. The van der Waals surface area contributed by atoms with Gasteiger partial charge in [-0.2, -0.15) is 0 Å². The highest BCUT2D eigenvalue weighted by Crippen LogP contribution is 2.30. The second-order valence-corrected chi connectivity index (χ2v) is 5.00. The molecule has 1 saturated carbocycles. The lowest BCUT2D eigenvalue weighted by Crippen LogP contribution is -2.30. The molecule has 1 aromatic rings. The van der Waals surface area contributed by atoms with Crippen LogP contribution in [0, 0.1) is 11.8 Å². The first kappa shape index (κ1) is 12.0. The molecule has 1 aliphatic carbocycles. The van der Waals surface area contributed by atoms with Gasteiger partial charge in [0.1, 0.15) is 0 Å². The molecule has 1 amide bonds. The number of nitrogens with two attached hydrogens (primary N) is 1. The highest BCUT2D eigenvalue weighted by atomic mass is 16.1. The average Bonchev–Trinajstić information content (AvgIpc) is 2.72. The van der Waals surface area contributed by atoms with Crippen LogP contribution < -0.4 is 11.1 Å². The van der Waals surface area contributed by atoms with E-state index >= 15 is 0 Å². The SMILES string of the molecule is CC1CCCC1CNC(=O)c1cccc(N)c1. The molecule has 2 atom stereocenters. The minimum absolute atomic E-state index is 0.0172. The molecule has 3 N–H and O–H groups in total. The van der Waals surface area contributed by atoms with Crippen molar-refractivity contribution in [1.29, 1.82) is 0 Å². The molecule has 0 saturated heterocycles. The van der Waals surface area contributed by atoms with E-state index in [1.54, 1.807) is 18.2 Å². The van der Waals surface area contributed by atoms with E-state index in [9.17, 15) is 4.79 Å². The number of nitrogens with one attached hydrogen (secondary N) is 1. The smallest absolute Gasteiger partial charge is 0.251 e. The molecule has 3 heteroatoms. The average molecular weight is 232 g/mol. The molecule has 0 bridgehead atoms. The molecule has 0 spiro atoms. The zero-order valence-electron chi connectivity index (χ0n) is 10.3. The number of carbonyl (C=O) groups excluding carboxylic acids is 1. The Hall–Kier alpha value is -1.51. The zero-order valence-corrected chi connectivity index (χ0v) is 10.3. The van der Waals surface area contributed by atoms with E-state index in [-0.39, 0.29) is 5.91 Å². The molecule has 3 nitrogen and oxygen atoms in total. The highest BCUT2D eigenvalue weighted by Gasteiger charge is 2.23. The van der Waals surface area contributed by atoms with Crippen LogP contribution in [0.15, 0.2) is 24.3 Å². The van der Waals surface area contributed by atoms with E-state index in [2.05, 4.69) is 12.2 Å². The van der Waals surface area contributed by atoms with Gasteiger partial charge in [-0.1, -0.05) is 25.8 Å². The first-order valence-corrected chi connectivity index (χ1v) is 6.30. The number of hydrogen-bond donors (Lipinski definition) is 2. The van der Waals surface area contributed by atoms with Gasteiger partial charge in [-0.05, 0) is 36.5 Å². The van der Waals surface area contributed by atoms with Gasteiger partial charge in [0.05, 0.1) is 0 Å². The predicted molar refractivity (Wildman–Crippen MR) is 69.7 cm³/mol. The monoisotopic (exact) mass is 232 g/mol. The molecule has 1 aliphatic rings. The van der Waals surface area contributed by atoms with Crippen molar-refractivity contribution in [2.75, 3.05) is 12.3 Å². The van der Waals surface area contributed by atoms with Crippen molar-refractivity contribution in [2.45, 2.75) is 26.2 Å². The van der Waals surface area contributed by atoms with Crippen molar-refractivity contribution in [3.63, 3.8) is 0 Å². The van der Waals surface area contributed by atoms with Crippen LogP contribution in [0.2, 0.25) is 0 Å². The maximum absolute atomic E-state index is 11.9. The summed E-state index contributed by atoms with van der Waals surface area (Å²) in [6.07, 6.45) is 3.82. The lowest BCUT2D eigenvalue weighted by molar-refractivity contribution is 0.0944. The van der Waals surface area contributed by atoms with Crippen LogP contribution in [0.5, 0.6) is 0 Å². The summed E-state index contributed by atoms with van der Waals surface area (Å²) in [6, 6.07) is 7.11. The molecule has 1 fully saturated rings. The highest BCUT2D eigenvalue weighted by molar-refractivity contribution is 5.94. The van der Waals surface area contributed by atoms with Crippen molar-refractivity contribution < 1.29 is 4.79 Å². The van der Waals surface area contributed by atoms with E-state index in [4.69, 9.17) is 5.73 Å². The van der Waals surface area contributed by atoms with Crippen molar-refractivity contribution in [3.05, 3.63) is 29.8 Å². The molecule has 0 aliphatic heterocycles. The largest absolute Gasteiger partial charge is 0.399 e. The summed E-state index contributed by atoms with van der Waals surface area (Å²) in [7, 11) is 0. The minimum Gasteiger partial charge on any atom is -0.399 e. The van der Waals surface area contributed by atoms with Gasteiger partial charge in [0.2, 0.25) is 0 Å². The number of hydrogen-bond acceptors (Lipinski definition) is 2. The third kappa shape index (κ3) is 2.99. The summed E-state index contributed by atoms with van der Waals surface area (Å²) in [5.41, 5.74) is 6.94. The van der Waals surface area contributed by atoms with Crippen LogP contribution in [0.1, 0.15) is 36.5 Å². The Labute approximate surface area is 102 Å². The lowest BCUT2D eigenvalue weighted by atomic mass is 9.98. The van der Waals surface area contributed by atoms with E-state index < -0.39 is 0 Å². The third-order valence-electron chi connectivity index (χ3n) is 3.71. The predicted octanol–water partition coefficient (Wildman–Crippen LogP) is 2.43. The summed E-state index contributed by atoms with van der Waals surface area (Å²) < 4.78 is 0. The van der Waals surface area contributed by atoms with E-state index in [1.165, 1.54) is 19.3 Å². The Morgan fingerprint density at radius 2 is 2.29 bits per heavy atom. The maximum atomic E-state index is 11.9. The molecular weight excluding hydrogens is 212 g/mol. The summed E-state index contributed by atoms with van der Waals surface area (Å²) in [6.45, 7) is 3.05. The summed E-state index contributed by atoms with van der Waals surface area (Å²) >= 11 is 0. The second-order valence-electron chi connectivity index (χ2n) is 5.00. The quantitative estimate of drug-likeness (QED) is 0.786. The fourth-order valence-corrected chi connectivity index (χ4v) is 2.53. The third-order valence-corrected chi connectivity index (χ3v) is 3.71.